The summed E-state index contributed by atoms with van der Waals surface area (Å²) < 4.78 is 0. The van der Waals surface area contributed by atoms with Gasteiger partial charge in [0.25, 0.3) is 5.79 Å². The van der Waals surface area contributed by atoms with Crippen LogP contribution in [-0.4, -0.2) is 106 Å². The number of aliphatic hydroxyl groups excluding tert-OH is 1. The summed E-state index contributed by atoms with van der Waals surface area (Å²) in [6.45, 7) is 7.57. The second kappa shape index (κ2) is 25.0. The molecule has 1 fully saturated rings. The number of carboxylic acids is 6. The van der Waals surface area contributed by atoms with Gasteiger partial charge >= 0.3 is 35.8 Å². The molecule has 1 rings (SSSR count). The minimum atomic E-state index is -3.03. The molecule has 1 heterocycles. The van der Waals surface area contributed by atoms with E-state index in [-0.39, 0.29) is 31.2 Å². The van der Waals surface area contributed by atoms with Gasteiger partial charge in [0, 0.05) is 12.8 Å². The molecule has 0 aliphatic carbocycles. The first-order valence-electron chi connectivity index (χ1n) is 11.9. The third kappa shape index (κ3) is 34.7. The van der Waals surface area contributed by atoms with Crippen molar-refractivity contribution in [1.82, 2.24) is 5.32 Å². The van der Waals surface area contributed by atoms with Crippen molar-refractivity contribution in [3.05, 3.63) is 0 Å². The largest absolute Gasteiger partial charge is 0.481 e. The normalized spacial score (nSPS) is 14.3. The van der Waals surface area contributed by atoms with Crippen LogP contribution in [0.5, 0.6) is 0 Å². The summed E-state index contributed by atoms with van der Waals surface area (Å²) >= 11 is 0. The minimum Gasteiger partial charge on any atom is -0.481 e. The Balaban J connectivity index is -0.000000197. The second-order valence-corrected chi connectivity index (χ2v) is 8.47. The number of aliphatic carboxylic acids is 6. The number of hydrogen-bond donors (Lipinski definition) is 10. The van der Waals surface area contributed by atoms with Crippen molar-refractivity contribution in [2.75, 3.05) is 6.54 Å². The Morgan fingerprint density at radius 2 is 1.23 bits per heavy atom. The van der Waals surface area contributed by atoms with Crippen LogP contribution in [0.15, 0.2) is 0 Å². The molecule has 0 saturated carbocycles. The molecule has 0 spiro atoms. The molecule has 0 radical (unpaired) electrons. The molecular weight excluding hydrogens is 530 g/mol. The fraction of sp³-hybridized carbons (Fsp3) is 0.739. The summed E-state index contributed by atoms with van der Waals surface area (Å²) in [7, 11) is 0. The van der Waals surface area contributed by atoms with Crippen LogP contribution in [0.3, 0.4) is 0 Å². The predicted octanol–water partition coefficient (Wildman–Crippen LogP) is 0.270. The summed E-state index contributed by atoms with van der Waals surface area (Å²) in [4.78, 5) is 58.8. The lowest BCUT2D eigenvalue weighted by Crippen LogP contribution is -2.47. The molecule has 39 heavy (non-hydrogen) atoms. The molecule has 230 valence electrons. The molecule has 0 aromatic carbocycles. The van der Waals surface area contributed by atoms with Gasteiger partial charge in [-0.15, -0.1) is 0 Å². The highest BCUT2D eigenvalue weighted by Crippen LogP contribution is 2.05. The van der Waals surface area contributed by atoms with Gasteiger partial charge in [0.2, 0.25) is 0 Å². The lowest BCUT2D eigenvalue weighted by molar-refractivity contribution is -0.232. The molecule has 1 aliphatic heterocycles. The maximum Gasteiger partial charge on any atom is 0.366 e. The third-order valence-corrected chi connectivity index (χ3v) is 4.14. The van der Waals surface area contributed by atoms with E-state index in [2.05, 4.69) is 5.32 Å². The Hall–Kier alpha value is -3.34. The first-order valence-corrected chi connectivity index (χ1v) is 11.9. The van der Waals surface area contributed by atoms with Crippen LogP contribution in [0.2, 0.25) is 0 Å². The van der Waals surface area contributed by atoms with Crippen molar-refractivity contribution in [3.8, 4) is 0 Å². The van der Waals surface area contributed by atoms with Gasteiger partial charge in [0.1, 0.15) is 12.1 Å². The fourth-order valence-electron chi connectivity index (χ4n) is 1.97. The van der Waals surface area contributed by atoms with Crippen LogP contribution >= 0.6 is 0 Å². The highest BCUT2D eigenvalue weighted by atomic mass is 16.6. The first kappa shape index (κ1) is 42.7. The van der Waals surface area contributed by atoms with Gasteiger partial charge in [0.05, 0.1) is 12.8 Å². The van der Waals surface area contributed by atoms with Crippen molar-refractivity contribution >= 4 is 35.8 Å². The first-order chi connectivity index (χ1) is 17.7. The molecule has 0 aromatic heterocycles. The molecule has 2 atom stereocenters. The van der Waals surface area contributed by atoms with Gasteiger partial charge in [-0.05, 0) is 38.6 Å². The van der Waals surface area contributed by atoms with Crippen molar-refractivity contribution in [1.29, 1.82) is 0 Å². The zero-order valence-corrected chi connectivity index (χ0v) is 22.6. The summed E-state index contributed by atoms with van der Waals surface area (Å²) in [6, 6.07) is -0.269. The third-order valence-electron chi connectivity index (χ3n) is 4.14. The highest BCUT2D eigenvalue weighted by molar-refractivity contribution is 5.76. The Labute approximate surface area is 225 Å². The molecule has 0 aromatic rings. The van der Waals surface area contributed by atoms with E-state index >= 15 is 0 Å². The van der Waals surface area contributed by atoms with Crippen molar-refractivity contribution in [3.63, 3.8) is 0 Å². The molecule has 0 amide bonds. The standard InChI is InChI=1S/C5H9NO2.2C5H10O2.C4H8O5.C4H6O4/c7-5(8)4-2-1-3-6-4;1-4(2)3-5(6)7;1-2-3-4-5(6)7;1-2(5)4(8,9)3(6)7;5-3(6)1-2-4(7)8/h4,6H,1-3H2,(H,7,8);4H,3H2,1-2H3,(H,6,7);2-4H2,1H3,(H,6,7);2,5,8-9H,1H3,(H,6,7);1-2H2,(H,5,6)(H,7,8). The van der Waals surface area contributed by atoms with Crippen LogP contribution in [0.4, 0.5) is 0 Å². The number of carboxylic acid groups (broad SMARTS) is 6. The maximum absolute atomic E-state index is 10.1. The molecule has 0 bridgehead atoms. The SMILES string of the molecule is CC(C)CC(=O)O.CC(O)C(O)(O)C(=O)O.CCCCC(=O)O.O=C(O)C1CCCN1.O=C(O)CCC(=O)O. The average Bonchev–Trinajstić information content (AvgIpc) is 3.32. The molecule has 2 unspecified atom stereocenters. The second-order valence-electron chi connectivity index (χ2n) is 8.47. The monoisotopic (exact) mass is 573 g/mol. The molecular formula is C23H43NO15. The van der Waals surface area contributed by atoms with Gasteiger partial charge in [0.15, 0.2) is 0 Å². The predicted molar refractivity (Wildman–Crippen MR) is 134 cm³/mol. The topological polar surface area (TPSA) is 297 Å². The summed E-state index contributed by atoms with van der Waals surface area (Å²) in [6.07, 6.45) is 1.85. The zero-order valence-electron chi connectivity index (χ0n) is 22.6. The van der Waals surface area contributed by atoms with Crippen LogP contribution in [0, 0.1) is 5.92 Å². The number of hydrogen-bond acceptors (Lipinski definition) is 10. The van der Waals surface area contributed by atoms with E-state index < -0.39 is 47.7 Å². The van der Waals surface area contributed by atoms with Crippen molar-refractivity contribution in [2.45, 2.75) is 97.0 Å². The fourth-order valence-corrected chi connectivity index (χ4v) is 1.97. The quantitative estimate of drug-likeness (QED) is 0.148. The van der Waals surface area contributed by atoms with Crippen LogP contribution < -0.4 is 5.32 Å². The van der Waals surface area contributed by atoms with E-state index in [1.54, 1.807) is 0 Å². The van der Waals surface area contributed by atoms with E-state index in [4.69, 9.17) is 46.0 Å². The smallest absolute Gasteiger partial charge is 0.366 e. The van der Waals surface area contributed by atoms with E-state index in [1.807, 2.05) is 20.8 Å². The van der Waals surface area contributed by atoms with Crippen LogP contribution in [0.25, 0.3) is 0 Å². The summed E-state index contributed by atoms with van der Waals surface area (Å²) in [5.74, 6) is -8.89. The van der Waals surface area contributed by atoms with E-state index in [0.717, 1.165) is 39.2 Å². The number of carbonyl (C=O) groups is 6. The molecule has 16 heteroatoms. The Morgan fingerprint density at radius 1 is 0.795 bits per heavy atom. The number of rotatable bonds is 11. The van der Waals surface area contributed by atoms with Crippen LogP contribution in [-0.2, 0) is 28.8 Å². The lowest BCUT2D eigenvalue weighted by atomic mass is 10.1. The van der Waals surface area contributed by atoms with Gasteiger partial charge in [-0.2, -0.15) is 0 Å². The Bertz CT molecular complexity index is 715. The summed E-state index contributed by atoms with van der Waals surface area (Å²) in [5.41, 5.74) is 0. The highest BCUT2D eigenvalue weighted by Gasteiger charge is 2.38. The van der Waals surface area contributed by atoms with Gasteiger partial charge in [-0.25, -0.2) is 4.79 Å². The van der Waals surface area contributed by atoms with E-state index in [0.29, 0.717) is 6.42 Å². The van der Waals surface area contributed by atoms with Crippen molar-refractivity contribution < 1.29 is 74.7 Å². The van der Waals surface area contributed by atoms with Gasteiger partial charge < -0.3 is 51.3 Å². The lowest BCUT2D eigenvalue weighted by Gasteiger charge is -2.18. The van der Waals surface area contributed by atoms with Gasteiger partial charge in [-0.1, -0.05) is 27.2 Å². The number of unbranched alkanes of at least 4 members (excludes halogenated alkanes) is 1. The minimum absolute atomic E-state index is 0.269. The number of aliphatic hydroxyl groups is 3. The average molecular weight is 574 g/mol. The number of nitrogens with one attached hydrogen (secondary N) is 1. The van der Waals surface area contributed by atoms with Crippen LogP contribution in [0.1, 0.15) is 79.1 Å². The van der Waals surface area contributed by atoms with E-state index in [9.17, 15) is 28.8 Å². The zero-order chi connectivity index (χ0) is 31.8. The Kier molecular flexibility index (Phi) is 27.4. The molecule has 10 N–H and O–H groups in total. The van der Waals surface area contributed by atoms with Crippen molar-refractivity contribution in [2.24, 2.45) is 5.92 Å². The Morgan fingerprint density at radius 3 is 1.33 bits per heavy atom. The summed E-state index contributed by atoms with van der Waals surface area (Å²) in [5, 5.41) is 76.2. The van der Waals surface area contributed by atoms with Gasteiger partial charge in [-0.3, -0.25) is 24.0 Å². The molecule has 1 saturated heterocycles. The molecule has 1 aliphatic rings. The molecule has 16 nitrogen and oxygen atoms in total. The maximum atomic E-state index is 10.1. The van der Waals surface area contributed by atoms with E-state index in [1.165, 1.54) is 0 Å².